The van der Waals surface area contributed by atoms with Crippen LogP contribution in [0.15, 0.2) is 54.6 Å². The molecule has 0 aliphatic heterocycles. The number of Topliss-reactive ketones (excluding diaryl/α,β-unsaturated/α-hetero) is 1. The van der Waals surface area contributed by atoms with Crippen LogP contribution in [0.2, 0.25) is 18.1 Å². The molecule has 1 aromatic carbocycles. The van der Waals surface area contributed by atoms with E-state index in [1.165, 1.54) is 11.1 Å². The number of allylic oxidation sites excluding steroid dienone is 2. The van der Waals surface area contributed by atoms with Crippen molar-refractivity contribution in [2.45, 2.75) is 84.0 Å². The minimum atomic E-state index is -1.88. The average molecular weight is 387 g/mol. The molecule has 3 heteroatoms. The number of hydrogen-bond donors (Lipinski definition) is 0. The zero-order valence-electron chi connectivity index (χ0n) is 18.2. The lowest BCUT2D eigenvalue weighted by molar-refractivity contribution is -0.120. The lowest BCUT2D eigenvalue weighted by Gasteiger charge is -2.39. The number of carbonyl (C=O) groups excluding carboxylic acids is 1. The summed E-state index contributed by atoms with van der Waals surface area (Å²) in [4.78, 5) is 12.5. The largest absolute Gasteiger partial charge is 0.413 e. The molecule has 0 N–H and O–H groups in total. The van der Waals surface area contributed by atoms with Gasteiger partial charge in [-0.3, -0.25) is 4.79 Å². The van der Waals surface area contributed by atoms with Crippen LogP contribution in [0.5, 0.6) is 0 Å². The summed E-state index contributed by atoms with van der Waals surface area (Å²) < 4.78 is 6.46. The van der Waals surface area contributed by atoms with Crippen LogP contribution in [0.1, 0.15) is 58.9 Å². The molecule has 0 aromatic heterocycles. The zero-order chi connectivity index (χ0) is 20.5. The molecule has 0 heterocycles. The van der Waals surface area contributed by atoms with Gasteiger partial charge in [0.1, 0.15) is 5.78 Å². The summed E-state index contributed by atoms with van der Waals surface area (Å²) in [6.45, 7) is 17.1. The second-order valence-corrected chi connectivity index (χ2v) is 13.8. The van der Waals surface area contributed by atoms with Gasteiger partial charge in [0.2, 0.25) is 0 Å². The lowest BCUT2D eigenvalue weighted by atomic mass is 10.0. The van der Waals surface area contributed by atoms with Gasteiger partial charge in [0, 0.05) is 12.8 Å². The third kappa shape index (κ3) is 8.85. The third-order valence-corrected chi connectivity index (χ3v) is 10.0. The standard InChI is InChI=1S/C24H38O2Si/c1-8-12-23(26-27(6,7)24(3,4)5)19-22(25)18-16-20(2)15-17-21-13-10-9-11-14-21/h8-11,13-15,23H,1,12,16-19H2,2-7H3/b20-15+/t23-/m1/s1. The molecule has 2 nitrogen and oxygen atoms in total. The Morgan fingerprint density at radius 2 is 1.81 bits per heavy atom. The molecule has 0 amide bonds. The maximum atomic E-state index is 12.5. The summed E-state index contributed by atoms with van der Waals surface area (Å²) in [6.07, 6.45) is 7.63. The molecule has 0 radical (unpaired) electrons. The third-order valence-electron chi connectivity index (χ3n) is 5.48. The molecule has 1 rings (SSSR count). The van der Waals surface area contributed by atoms with E-state index < -0.39 is 8.32 Å². The molecule has 1 atom stereocenters. The van der Waals surface area contributed by atoms with Crippen molar-refractivity contribution in [3.05, 3.63) is 60.2 Å². The van der Waals surface area contributed by atoms with Gasteiger partial charge in [-0.2, -0.15) is 0 Å². The predicted octanol–water partition coefficient (Wildman–Crippen LogP) is 6.88. The average Bonchev–Trinajstić information content (AvgIpc) is 2.58. The highest BCUT2D eigenvalue weighted by atomic mass is 28.4. The van der Waals surface area contributed by atoms with E-state index in [-0.39, 0.29) is 16.9 Å². The Labute approximate surface area is 167 Å². The van der Waals surface area contributed by atoms with Gasteiger partial charge < -0.3 is 4.43 Å². The van der Waals surface area contributed by atoms with Gasteiger partial charge in [0.05, 0.1) is 6.10 Å². The van der Waals surface area contributed by atoms with Crippen LogP contribution in [0.25, 0.3) is 0 Å². The fourth-order valence-electron chi connectivity index (χ4n) is 2.65. The quantitative estimate of drug-likeness (QED) is 0.306. The highest BCUT2D eigenvalue weighted by molar-refractivity contribution is 6.74. The number of benzene rings is 1. The zero-order valence-corrected chi connectivity index (χ0v) is 19.2. The molecule has 150 valence electrons. The van der Waals surface area contributed by atoms with Gasteiger partial charge in [-0.05, 0) is 49.9 Å². The summed E-state index contributed by atoms with van der Waals surface area (Å²) in [5.41, 5.74) is 2.58. The Morgan fingerprint density at radius 1 is 1.19 bits per heavy atom. The van der Waals surface area contributed by atoms with Gasteiger partial charge in [-0.15, -0.1) is 6.58 Å². The second-order valence-electron chi connectivity index (χ2n) is 9.01. The Balaban J connectivity index is 2.53. The Hall–Kier alpha value is -1.45. The molecule has 0 bridgehead atoms. The summed E-state index contributed by atoms with van der Waals surface area (Å²) in [5, 5.41) is 0.145. The highest BCUT2D eigenvalue weighted by Crippen LogP contribution is 2.38. The van der Waals surface area contributed by atoms with Crippen molar-refractivity contribution in [3.63, 3.8) is 0 Å². The summed E-state index contributed by atoms with van der Waals surface area (Å²) in [5.74, 6) is 0.285. The van der Waals surface area contributed by atoms with E-state index in [0.717, 1.165) is 19.3 Å². The number of ketones is 1. The predicted molar refractivity (Wildman–Crippen MR) is 120 cm³/mol. The molecule has 0 fully saturated rings. The van der Waals surface area contributed by atoms with Crippen LogP contribution in [0.4, 0.5) is 0 Å². The van der Waals surface area contributed by atoms with E-state index in [9.17, 15) is 4.79 Å². The first-order valence-corrected chi connectivity index (χ1v) is 13.0. The second kappa shape index (κ2) is 10.8. The SMILES string of the molecule is C=CC[C@H](CC(=O)CC/C(C)=C/Cc1ccccc1)O[Si](C)(C)C(C)(C)C. The number of rotatable bonds is 11. The van der Waals surface area contributed by atoms with E-state index >= 15 is 0 Å². The van der Waals surface area contributed by atoms with Gasteiger partial charge in [-0.1, -0.05) is 68.8 Å². The van der Waals surface area contributed by atoms with Gasteiger partial charge in [0.15, 0.2) is 8.32 Å². The first-order valence-electron chi connectivity index (χ1n) is 10.0. The molecule has 0 spiro atoms. The van der Waals surface area contributed by atoms with Crippen LogP contribution in [-0.4, -0.2) is 20.2 Å². The van der Waals surface area contributed by atoms with Gasteiger partial charge >= 0.3 is 0 Å². The lowest BCUT2D eigenvalue weighted by Crippen LogP contribution is -2.44. The highest BCUT2D eigenvalue weighted by Gasteiger charge is 2.39. The first kappa shape index (κ1) is 23.6. The topological polar surface area (TPSA) is 26.3 Å². The van der Waals surface area contributed by atoms with E-state index in [0.29, 0.717) is 12.8 Å². The smallest absolute Gasteiger partial charge is 0.192 e. The molecule has 0 aliphatic carbocycles. The van der Waals surface area contributed by atoms with Crippen molar-refractivity contribution >= 4 is 14.1 Å². The van der Waals surface area contributed by atoms with Crippen molar-refractivity contribution < 1.29 is 9.22 Å². The molecule has 0 unspecified atom stereocenters. The maximum absolute atomic E-state index is 12.5. The summed E-state index contributed by atoms with van der Waals surface area (Å²) in [7, 11) is -1.88. The van der Waals surface area contributed by atoms with Crippen LogP contribution in [0, 0.1) is 0 Å². The molecular weight excluding hydrogens is 348 g/mol. The van der Waals surface area contributed by atoms with E-state index in [1.807, 2.05) is 12.1 Å². The Morgan fingerprint density at radius 3 is 2.37 bits per heavy atom. The van der Waals surface area contributed by atoms with Crippen LogP contribution in [0.3, 0.4) is 0 Å². The molecule has 27 heavy (non-hydrogen) atoms. The van der Waals surface area contributed by atoms with Crippen LogP contribution in [-0.2, 0) is 15.6 Å². The van der Waals surface area contributed by atoms with E-state index in [2.05, 4.69) is 77.7 Å². The molecule has 0 saturated heterocycles. The van der Waals surface area contributed by atoms with Crippen LogP contribution < -0.4 is 0 Å². The van der Waals surface area contributed by atoms with Crippen molar-refractivity contribution in [3.8, 4) is 0 Å². The fraction of sp³-hybridized carbons (Fsp3) is 0.542. The Kier molecular flexibility index (Phi) is 9.41. The summed E-state index contributed by atoms with van der Waals surface area (Å²) >= 11 is 0. The minimum Gasteiger partial charge on any atom is -0.413 e. The number of hydrogen-bond acceptors (Lipinski definition) is 2. The van der Waals surface area contributed by atoms with Crippen molar-refractivity contribution in [2.75, 3.05) is 0 Å². The molecule has 1 aromatic rings. The van der Waals surface area contributed by atoms with E-state index in [4.69, 9.17) is 4.43 Å². The maximum Gasteiger partial charge on any atom is 0.192 e. The van der Waals surface area contributed by atoms with Gasteiger partial charge in [0.25, 0.3) is 0 Å². The monoisotopic (exact) mass is 386 g/mol. The molecular formula is C24H38O2Si. The normalized spacial score (nSPS) is 14.1. The Bertz CT molecular complexity index is 624. The van der Waals surface area contributed by atoms with Gasteiger partial charge in [-0.25, -0.2) is 0 Å². The van der Waals surface area contributed by atoms with E-state index in [1.54, 1.807) is 0 Å². The fourth-order valence-corrected chi connectivity index (χ4v) is 4.02. The van der Waals surface area contributed by atoms with Crippen molar-refractivity contribution in [2.24, 2.45) is 0 Å². The minimum absolute atomic E-state index is 0.0375. The molecule has 0 saturated carbocycles. The van der Waals surface area contributed by atoms with Crippen molar-refractivity contribution in [1.82, 2.24) is 0 Å². The summed E-state index contributed by atoms with van der Waals surface area (Å²) in [6, 6.07) is 10.4. The molecule has 0 aliphatic rings. The van der Waals surface area contributed by atoms with Crippen molar-refractivity contribution in [1.29, 1.82) is 0 Å². The van der Waals surface area contributed by atoms with Crippen LogP contribution >= 0.6 is 0 Å². The number of carbonyl (C=O) groups is 1. The first-order chi connectivity index (χ1) is 12.5.